The second-order valence-electron chi connectivity index (χ2n) is 5.34. The van der Waals surface area contributed by atoms with Crippen LogP contribution in [-0.4, -0.2) is 44.0 Å². The summed E-state index contributed by atoms with van der Waals surface area (Å²) in [7, 11) is 0. The topological polar surface area (TPSA) is 105 Å². The number of carbonyl (C=O) groups is 1. The van der Waals surface area contributed by atoms with Gasteiger partial charge in [-0.15, -0.1) is 0 Å². The van der Waals surface area contributed by atoms with Crippen molar-refractivity contribution in [2.75, 3.05) is 18.1 Å². The average Bonchev–Trinajstić information content (AvgIpc) is 3.12. The highest BCUT2D eigenvalue weighted by Gasteiger charge is 2.36. The molecule has 0 aliphatic carbocycles. The van der Waals surface area contributed by atoms with Crippen LogP contribution in [-0.2, 0) is 0 Å². The van der Waals surface area contributed by atoms with Gasteiger partial charge < -0.3 is 9.32 Å². The Hall–Kier alpha value is -2.29. The van der Waals surface area contributed by atoms with E-state index in [1.54, 1.807) is 16.7 Å². The van der Waals surface area contributed by atoms with Crippen molar-refractivity contribution in [3.63, 3.8) is 0 Å². The second kappa shape index (κ2) is 6.07. The molecule has 122 valence electrons. The van der Waals surface area contributed by atoms with E-state index in [0.29, 0.717) is 18.1 Å². The monoisotopic (exact) mass is 336 g/mol. The lowest BCUT2D eigenvalue weighted by molar-refractivity contribution is -0.385. The van der Waals surface area contributed by atoms with Crippen LogP contribution >= 0.6 is 11.8 Å². The van der Waals surface area contributed by atoms with Crippen LogP contribution in [0.1, 0.15) is 33.7 Å². The third-order valence-corrected chi connectivity index (χ3v) is 4.80. The van der Waals surface area contributed by atoms with Crippen molar-refractivity contribution in [2.45, 2.75) is 19.9 Å². The number of aromatic nitrogens is 2. The van der Waals surface area contributed by atoms with Crippen LogP contribution in [0.2, 0.25) is 0 Å². The van der Waals surface area contributed by atoms with E-state index in [9.17, 15) is 14.9 Å². The molecule has 3 heterocycles. The van der Waals surface area contributed by atoms with Crippen LogP contribution in [0.5, 0.6) is 0 Å². The minimum atomic E-state index is -0.573. The van der Waals surface area contributed by atoms with Crippen molar-refractivity contribution in [1.82, 2.24) is 15.1 Å². The molecule has 1 amide bonds. The van der Waals surface area contributed by atoms with Gasteiger partial charge in [0.05, 0.1) is 11.0 Å². The largest absolute Gasteiger partial charge is 0.464 e. The normalized spacial score (nSPS) is 18.2. The lowest BCUT2D eigenvalue weighted by atomic mass is 10.2. The van der Waals surface area contributed by atoms with Crippen molar-refractivity contribution >= 4 is 23.4 Å². The zero-order valence-corrected chi connectivity index (χ0v) is 13.6. The van der Waals surface area contributed by atoms with Crippen LogP contribution < -0.4 is 0 Å². The van der Waals surface area contributed by atoms with Crippen LogP contribution in [0.3, 0.4) is 0 Å². The number of thioether (sulfide) groups is 1. The molecule has 1 saturated heterocycles. The Bertz CT molecular complexity index is 754. The van der Waals surface area contributed by atoms with Crippen LogP contribution in [0.25, 0.3) is 0 Å². The summed E-state index contributed by atoms with van der Waals surface area (Å²) in [5.74, 6) is 2.48. The van der Waals surface area contributed by atoms with Crippen molar-refractivity contribution in [3.8, 4) is 0 Å². The van der Waals surface area contributed by atoms with E-state index in [1.165, 1.54) is 6.92 Å². The average molecular weight is 336 g/mol. The van der Waals surface area contributed by atoms with Gasteiger partial charge in [0, 0.05) is 18.1 Å². The predicted octanol–water partition coefficient (Wildman–Crippen LogP) is 2.46. The predicted molar refractivity (Wildman–Crippen MR) is 84.5 cm³/mol. The number of aryl methyl sites for hydroxylation is 2. The molecule has 0 unspecified atom stereocenters. The zero-order chi connectivity index (χ0) is 16.6. The molecule has 0 bridgehead atoms. The van der Waals surface area contributed by atoms with E-state index in [1.807, 2.05) is 19.1 Å². The molecule has 0 saturated carbocycles. The molecule has 0 spiro atoms. The smallest absolute Gasteiger partial charge is 0.322 e. The van der Waals surface area contributed by atoms with Gasteiger partial charge in [-0.25, -0.2) is 0 Å². The number of nitro groups is 1. The molecular formula is C14H16N4O4S. The van der Waals surface area contributed by atoms with Gasteiger partial charge >= 0.3 is 5.69 Å². The standard InChI is InChI=1S/C14H16N4O4S/c1-8-3-4-11(22-8)10-7-23-6-5-17(10)14(19)12-13(18(20)21)9(2)15-16-12/h3-4,10H,5-7H2,1-2H3,(H,15,16)/t10-/m1/s1. The number of hydrogen-bond acceptors (Lipinski definition) is 6. The van der Waals surface area contributed by atoms with Gasteiger partial charge in [0.1, 0.15) is 17.2 Å². The van der Waals surface area contributed by atoms with Crippen LogP contribution in [0.15, 0.2) is 16.5 Å². The number of nitrogens with one attached hydrogen (secondary N) is 1. The van der Waals surface area contributed by atoms with E-state index < -0.39 is 10.8 Å². The van der Waals surface area contributed by atoms with Gasteiger partial charge in [-0.2, -0.15) is 16.9 Å². The summed E-state index contributed by atoms with van der Waals surface area (Å²) in [5, 5.41) is 17.6. The molecule has 1 atom stereocenters. The number of furan rings is 1. The maximum atomic E-state index is 12.8. The van der Waals surface area contributed by atoms with Gasteiger partial charge in [0.15, 0.2) is 0 Å². The Morgan fingerprint density at radius 2 is 2.30 bits per heavy atom. The molecule has 2 aromatic rings. The quantitative estimate of drug-likeness (QED) is 0.682. The fourth-order valence-corrected chi connectivity index (χ4v) is 3.71. The lowest BCUT2D eigenvalue weighted by Crippen LogP contribution is -2.41. The minimum Gasteiger partial charge on any atom is -0.464 e. The van der Waals surface area contributed by atoms with Gasteiger partial charge in [-0.1, -0.05) is 0 Å². The number of nitrogens with zero attached hydrogens (tertiary/aromatic N) is 3. The summed E-state index contributed by atoms with van der Waals surface area (Å²) >= 11 is 1.72. The summed E-state index contributed by atoms with van der Waals surface area (Å²) in [6, 6.07) is 3.45. The highest BCUT2D eigenvalue weighted by atomic mass is 32.2. The SMILES string of the molecule is Cc1ccc([C@H]2CSCCN2C(=O)c2n[nH]c(C)c2[N+](=O)[O-])o1. The Kier molecular flexibility index (Phi) is 4.12. The summed E-state index contributed by atoms with van der Waals surface area (Å²) in [6.07, 6.45) is 0. The van der Waals surface area contributed by atoms with Gasteiger partial charge in [-0.05, 0) is 26.0 Å². The molecule has 3 rings (SSSR count). The van der Waals surface area contributed by atoms with Crippen LogP contribution in [0, 0.1) is 24.0 Å². The number of hydrogen-bond donors (Lipinski definition) is 1. The molecule has 1 fully saturated rings. The molecular weight excluding hydrogens is 320 g/mol. The number of H-pyrrole nitrogens is 1. The van der Waals surface area contributed by atoms with Crippen molar-refractivity contribution in [2.24, 2.45) is 0 Å². The molecule has 0 aromatic carbocycles. The fourth-order valence-electron chi connectivity index (χ4n) is 2.65. The minimum absolute atomic E-state index is 0.146. The summed E-state index contributed by atoms with van der Waals surface area (Å²) in [6.45, 7) is 3.87. The highest BCUT2D eigenvalue weighted by molar-refractivity contribution is 7.99. The molecule has 1 N–H and O–H groups in total. The number of rotatable bonds is 3. The van der Waals surface area contributed by atoms with Gasteiger partial charge in [-0.3, -0.25) is 20.0 Å². The van der Waals surface area contributed by atoms with E-state index in [2.05, 4.69) is 10.2 Å². The van der Waals surface area contributed by atoms with E-state index in [0.717, 1.165) is 11.5 Å². The number of amides is 1. The van der Waals surface area contributed by atoms with Crippen LogP contribution in [0.4, 0.5) is 5.69 Å². The van der Waals surface area contributed by atoms with E-state index >= 15 is 0 Å². The van der Waals surface area contributed by atoms with E-state index in [-0.39, 0.29) is 23.1 Å². The maximum Gasteiger partial charge on any atom is 0.322 e. The molecule has 23 heavy (non-hydrogen) atoms. The van der Waals surface area contributed by atoms with Gasteiger partial charge in [0.2, 0.25) is 5.69 Å². The molecule has 9 heteroatoms. The highest BCUT2D eigenvalue weighted by Crippen LogP contribution is 2.33. The van der Waals surface area contributed by atoms with E-state index in [4.69, 9.17) is 4.42 Å². The first-order valence-corrected chi connectivity index (χ1v) is 8.29. The molecule has 0 radical (unpaired) electrons. The summed E-state index contributed by atoms with van der Waals surface area (Å²) < 4.78 is 5.65. The summed E-state index contributed by atoms with van der Waals surface area (Å²) in [5.41, 5.74) is -0.134. The first kappa shape index (κ1) is 15.6. The maximum absolute atomic E-state index is 12.8. The van der Waals surface area contributed by atoms with Gasteiger partial charge in [0.25, 0.3) is 5.91 Å². The van der Waals surface area contributed by atoms with Crippen molar-refractivity contribution < 1.29 is 14.1 Å². The fraction of sp³-hybridized carbons (Fsp3) is 0.429. The molecule has 1 aliphatic rings. The third kappa shape index (κ3) is 2.83. The first-order valence-electron chi connectivity index (χ1n) is 7.13. The Labute approximate surface area is 136 Å². The lowest BCUT2D eigenvalue weighted by Gasteiger charge is -2.33. The number of aromatic amines is 1. The second-order valence-corrected chi connectivity index (χ2v) is 6.49. The zero-order valence-electron chi connectivity index (χ0n) is 12.7. The first-order chi connectivity index (χ1) is 11.0. The Morgan fingerprint density at radius 1 is 1.52 bits per heavy atom. The molecule has 2 aromatic heterocycles. The third-order valence-electron chi connectivity index (χ3n) is 3.78. The molecule has 8 nitrogen and oxygen atoms in total. The summed E-state index contributed by atoms with van der Waals surface area (Å²) in [4.78, 5) is 25.1. The van der Waals surface area contributed by atoms with Crippen molar-refractivity contribution in [3.05, 3.63) is 45.2 Å². The van der Waals surface area contributed by atoms with Crippen molar-refractivity contribution in [1.29, 1.82) is 0 Å². The Morgan fingerprint density at radius 3 is 2.96 bits per heavy atom. The number of carbonyl (C=O) groups excluding carboxylic acids is 1. The molecule has 1 aliphatic heterocycles. The Balaban J connectivity index is 1.95.